The number of nitrogens with zero attached hydrogens (tertiary/aromatic N) is 3. The summed E-state index contributed by atoms with van der Waals surface area (Å²) in [7, 11) is 0. The van der Waals surface area contributed by atoms with Gasteiger partial charge in [-0.05, 0) is 30.3 Å². The van der Waals surface area contributed by atoms with Crippen molar-refractivity contribution in [1.29, 1.82) is 0 Å². The van der Waals surface area contributed by atoms with Gasteiger partial charge in [0.05, 0.1) is 28.3 Å². The predicted molar refractivity (Wildman–Crippen MR) is 77.7 cm³/mol. The number of fused-ring (bicyclic) bond motifs is 2. The third-order valence-electron chi connectivity index (χ3n) is 3.39. The first kappa shape index (κ1) is 11.7. The fourth-order valence-electron chi connectivity index (χ4n) is 2.37. The maximum Gasteiger partial charge on any atom is 0.335 e. The topological polar surface area (TPSA) is 83.8 Å². The van der Waals surface area contributed by atoms with Crippen molar-refractivity contribution in [3.8, 4) is 5.95 Å². The number of benzene rings is 2. The van der Waals surface area contributed by atoms with Crippen LogP contribution in [0, 0.1) is 0 Å². The quantitative estimate of drug-likeness (QED) is 0.590. The zero-order chi connectivity index (χ0) is 14.4. The van der Waals surface area contributed by atoms with Crippen LogP contribution in [0.5, 0.6) is 0 Å². The zero-order valence-corrected chi connectivity index (χ0v) is 10.8. The second-order valence-electron chi connectivity index (χ2n) is 4.71. The van der Waals surface area contributed by atoms with Crippen LogP contribution < -0.4 is 0 Å². The van der Waals surface area contributed by atoms with Crippen LogP contribution >= 0.6 is 0 Å². The highest BCUT2D eigenvalue weighted by Crippen LogP contribution is 2.20. The van der Waals surface area contributed by atoms with Crippen LogP contribution in [0.4, 0.5) is 0 Å². The molecule has 6 nitrogen and oxygen atoms in total. The molecule has 2 aromatic carbocycles. The van der Waals surface area contributed by atoms with Crippen molar-refractivity contribution in [1.82, 2.24) is 19.7 Å². The van der Waals surface area contributed by atoms with Crippen LogP contribution in [0.15, 0.2) is 48.7 Å². The molecule has 0 atom stereocenters. The number of para-hydroxylation sites is 2. The maximum absolute atomic E-state index is 11.0. The fourth-order valence-corrected chi connectivity index (χ4v) is 2.37. The highest BCUT2D eigenvalue weighted by molar-refractivity contribution is 5.93. The van der Waals surface area contributed by atoms with Crippen molar-refractivity contribution in [2.75, 3.05) is 0 Å². The lowest BCUT2D eigenvalue weighted by molar-refractivity contribution is 0.0697. The van der Waals surface area contributed by atoms with Crippen LogP contribution in [0.3, 0.4) is 0 Å². The Morgan fingerprint density at radius 2 is 2.05 bits per heavy atom. The highest BCUT2D eigenvalue weighted by Gasteiger charge is 2.11. The minimum absolute atomic E-state index is 0.242. The summed E-state index contributed by atoms with van der Waals surface area (Å²) in [5.41, 5.74) is 2.84. The molecule has 2 aromatic heterocycles. The molecule has 2 N–H and O–H groups in total. The molecule has 0 aliphatic heterocycles. The van der Waals surface area contributed by atoms with Gasteiger partial charge in [0.1, 0.15) is 0 Å². The van der Waals surface area contributed by atoms with Crippen molar-refractivity contribution in [3.05, 3.63) is 54.2 Å². The van der Waals surface area contributed by atoms with Crippen molar-refractivity contribution < 1.29 is 9.90 Å². The number of carboxylic acid groups (broad SMARTS) is 1. The number of aromatic carboxylic acids is 1. The van der Waals surface area contributed by atoms with E-state index in [9.17, 15) is 4.79 Å². The Labute approximate surface area is 118 Å². The molecule has 0 spiro atoms. The van der Waals surface area contributed by atoms with Gasteiger partial charge in [-0.2, -0.15) is 9.78 Å². The Morgan fingerprint density at radius 3 is 2.86 bits per heavy atom. The number of aromatic amines is 1. The molecule has 0 bridgehead atoms. The van der Waals surface area contributed by atoms with Crippen molar-refractivity contribution in [2.24, 2.45) is 0 Å². The Balaban J connectivity index is 1.92. The van der Waals surface area contributed by atoms with Gasteiger partial charge in [-0.1, -0.05) is 12.1 Å². The minimum atomic E-state index is -0.951. The van der Waals surface area contributed by atoms with Gasteiger partial charge in [0, 0.05) is 5.39 Å². The summed E-state index contributed by atoms with van der Waals surface area (Å²) < 4.78 is 1.67. The lowest BCUT2D eigenvalue weighted by atomic mass is 10.1. The maximum atomic E-state index is 11.0. The van der Waals surface area contributed by atoms with Gasteiger partial charge in [0.2, 0.25) is 5.95 Å². The average Bonchev–Trinajstić information content (AvgIpc) is 3.09. The molecule has 0 saturated heterocycles. The van der Waals surface area contributed by atoms with E-state index in [-0.39, 0.29) is 5.56 Å². The number of imidazole rings is 1. The fraction of sp³-hybridized carbons (Fsp3) is 0. The van der Waals surface area contributed by atoms with Crippen LogP contribution in [-0.4, -0.2) is 30.8 Å². The van der Waals surface area contributed by atoms with E-state index in [4.69, 9.17) is 5.11 Å². The summed E-state index contributed by atoms with van der Waals surface area (Å²) >= 11 is 0. The average molecular weight is 278 g/mol. The minimum Gasteiger partial charge on any atom is -0.478 e. The normalized spacial score (nSPS) is 11.2. The predicted octanol–water partition coefficient (Wildman–Crippen LogP) is 2.60. The summed E-state index contributed by atoms with van der Waals surface area (Å²) in [6.45, 7) is 0. The summed E-state index contributed by atoms with van der Waals surface area (Å²) in [6.07, 6.45) is 1.63. The number of carbonyl (C=O) groups is 1. The van der Waals surface area contributed by atoms with Gasteiger partial charge in [-0.3, -0.25) is 0 Å². The summed E-state index contributed by atoms with van der Waals surface area (Å²) in [6, 6.07) is 12.6. The second-order valence-corrected chi connectivity index (χ2v) is 4.71. The smallest absolute Gasteiger partial charge is 0.335 e. The molecule has 4 rings (SSSR count). The van der Waals surface area contributed by atoms with Crippen LogP contribution in [0.1, 0.15) is 10.4 Å². The van der Waals surface area contributed by atoms with E-state index in [1.54, 1.807) is 29.1 Å². The SMILES string of the molecule is O=C(O)c1ccc2c(cnn2-c2nc3ccccc3[nH]2)c1. The Morgan fingerprint density at radius 1 is 1.19 bits per heavy atom. The second kappa shape index (κ2) is 4.17. The highest BCUT2D eigenvalue weighted by atomic mass is 16.4. The molecule has 0 unspecified atom stereocenters. The van der Waals surface area contributed by atoms with E-state index in [0.717, 1.165) is 21.9 Å². The van der Waals surface area contributed by atoms with Crippen molar-refractivity contribution in [3.63, 3.8) is 0 Å². The van der Waals surface area contributed by atoms with E-state index >= 15 is 0 Å². The number of carboxylic acids is 1. The first-order chi connectivity index (χ1) is 10.2. The third-order valence-corrected chi connectivity index (χ3v) is 3.39. The summed E-state index contributed by atoms with van der Waals surface area (Å²) in [5.74, 6) is -0.345. The molecule has 0 aliphatic carbocycles. The van der Waals surface area contributed by atoms with E-state index in [1.807, 2.05) is 24.3 Å². The molecular formula is C15H10N4O2. The molecule has 2 heterocycles. The molecule has 102 valence electrons. The zero-order valence-electron chi connectivity index (χ0n) is 10.8. The molecule has 0 fully saturated rings. The van der Waals surface area contributed by atoms with Gasteiger partial charge in [-0.25, -0.2) is 9.78 Å². The lowest BCUT2D eigenvalue weighted by Crippen LogP contribution is -1.99. The van der Waals surface area contributed by atoms with E-state index < -0.39 is 5.97 Å². The van der Waals surface area contributed by atoms with Gasteiger partial charge < -0.3 is 10.1 Å². The molecule has 21 heavy (non-hydrogen) atoms. The molecule has 0 saturated carbocycles. The molecular weight excluding hydrogens is 268 g/mol. The Kier molecular flexibility index (Phi) is 2.32. The molecule has 0 radical (unpaired) electrons. The first-order valence-electron chi connectivity index (χ1n) is 6.38. The van der Waals surface area contributed by atoms with Crippen LogP contribution in [0.2, 0.25) is 0 Å². The van der Waals surface area contributed by atoms with Gasteiger partial charge in [0.25, 0.3) is 0 Å². The van der Waals surface area contributed by atoms with Gasteiger partial charge in [0.15, 0.2) is 0 Å². The van der Waals surface area contributed by atoms with Crippen LogP contribution in [0.25, 0.3) is 27.9 Å². The van der Waals surface area contributed by atoms with Crippen LogP contribution in [-0.2, 0) is 0 Å². The first-order valence-corrected chi connectivity index (χ1v) is 6.38. The van der Waals surface area contributed by atoms with Gasteiger partial charge >= 0.3 is 5.97 Å². The number of aromatic nitrogens is 4. The monoisotopic (exact) mass is 278 g/mol. The number of hydrogen-bond acceptors (Lipinski definition) is 3. The van der Waals surface area contributed by atoms with Crippen molar-refractivity contribution in [2.45, 2.75) is 0 Å². The summed E-state index contributed by atoms with van der Waals surface area (Å²) in [5, 5.41) is 14.1. The Hall–Kier alpha value is -3.15. The lowest BCUT2D eigenvalue weighted by Gasteiger charge is -1.99. The number of hydrogen-bond donors (Lipinski definition) is 2. The number of H-pyrrole nitrogens is 1. The van der Waals surface area contributed by atoms with E-state index in [1.165, 1.54) is 0 Å². The molecule has 6 heteroatoms. The summed E-state index contributed by atoms with van der Waals surface area (Å²) in [4.78, 5) is 18.7. The van der Waals surface area contributed by atoms with Crippen molar-refractivity contribution >= 4 is 27.9 Å². The molecule has 4 aromatic rings. The van der Waals surface area contributed by atoms with E-state index in [0.29, 0.717) is 5.95 Å². The third kappa shape index (κ3) is 1.77. The number of rotatable bonds is 2. The van der Waals surface area contributed by atoms with E-state index in [2.05, 4.69) is 15.1 Å². The Bertz CT molecular complexity index is 951. The molecule has 0 amide bonds. The molecule has 0 aliphatic rings. The number of nitrogens with one attached hydrogen (secondary N) is 1. The standard InChI is InChI=1S/C15H10N4O2/c20-14(21)9-5-6-13-10(7-9)8-16-19(13)15-17-11-3-1-2-4-12(11)18-15/h1-8H,(H,17,18)(H,20,21). The van der Waals surface area contributed by atoms with Gasteiger partial charge in [-0.15, -0.1) is 0 Å². The largest absolute Gasteiger partial charge is 0.478 e.